The Balaban J connectivity index is 1.84. The number of carbonyl (C=O) groups is 13. The van der Waals surface area contributed by atoms with E-state index in [-0.39, 0.29) is 36.6 Å². The van der Waals surface area contributed by atoms with E-state index in [0.717, 1.165) is 63.8 Å². The van der Waals surface area contributed by atoms with Gasteiger partial charge in [-0.1, -0.05) is 83.9 Å². The van der Waals surface area contributed by atoms with Crippen LogP contribution in [0.2, 0.25) is 0 Å². The number of nitrogens with zero attached hydrogens (tertiary/aromatic N) is 2. The van der Waals surface area contributed by atoms with Crippen molar-refractivity contribution in [1.29, 1.82) is 0 Å². The summed E-state index contributed by atoms with van der Waals surface area (Å²) in [6.07, 6.45) is -10.9. The highest BCUT2D eigenvalue weighted by Crippen LogP contribution is 2.32. The molecule has 0 bridgehead atoms. The van der Waals surface area contributed by atoms with E-state index < -0.39 is 247 Å². The first kappa shape index (κ1) is 94.8. The number of amides is 12. The number of alkyl halides is 1. The molecular weight excluding hydrogens is 1480 g/mol. The van der Waals surface area contributed by atoms with Gasteiger partial charge in [0.25, 0.3) is 5.91 Å². The highest BCUT2D eigenvalue weighted by atomic mass is 35.5. The van der Waals surface area contributed by atoms with E-state index in [9.17, 15) is 78.9 Å². The number of methoxy groups -OCH3 is 2. The topological polar surface area (TPSA) is 576 Å². The molecule has 111 heavy (non-hydrogen) atoms. The van der Waals surface area contributed by atoms with Crippen LogP contribution in [0.4, 0.5) is 0 Å². The lowest BCUT2D eigenvalue weighted by molar-refractivity contribution is -0.268. The molecule has 0 aromatic heterocycles. The first-order chi connectivity index (χ1) is 51.8. The summed E-state index contributed by atoms with van der Waals surface area (Å²) in [4.78, 5) is 189. The number of carbonyl (C=O) groups excluding carboxylic acids is 13. The largest absolute Gasteiger partial charge is 0.462 e. The Morgan fingerprint density at radius 2 is 1.42 bits per heavy atom. The van der Waals surface area contributed by atoms with Gasteiger partial charge in [0.2, 0.25) is 71.3 Å². The zero-order valence-corrected chi connectivity index (χ0v) is 66.1. The van der Waals surface area contributed by atoms with Crippen molar-refractivity contribution in [2.24, 2.45) is 35.1 Å². The summed E-state index contributed by atoms with van der Waals surface area (Å²) in [5.41, 5.74) is 10.4. The molecule has 25 atom stereocenters. The Kier molecular flexibility index (Phi) is 36.7. The van der Waals surface area contributed by atoms with Gasteiger partial charge in [-0.05, 0) is 96.8 Å². The number of fused-ring (bicyclic) bond motifs is 1. The van der Waals surface area contributed by atoms with Crippen molar-refractivity contribution in [3.8, 4) is 5.75 Å². The second-order valence-electron chi connectivity index (χ2n) is 29.1. The molecule has 1 aromatic rings. The molecule has 12 amide bonds. The third-order valence-electron chi connectivity index (χ3n) is 19.6. The number of likely N-dealkylation sites (N-methyl/N-ethyl adjacent to an activating group) is 1. The van der Waals surface area contributed by atoms with Crippen LogP contribution < -0.4 is 64.1 Å². The van der Waals surface area contributed by atoms with Crippen molar-refractivity contribution >= 4 is 88.5 Å². The van der Waals surface area contributed by atoms with Crippen molar-refractivity contribution in [3.63, 3.8) is 0 Å². The number of piperidine rings is 1. The molecule has 39 heteroatoms. The summed E-state index contributed by atoms with van der Waals surface area (Å²) in [5.74, 6) is -18.7. The van der Waals surface area contributed by atoms with E-state index in [0.29, 0.717) is 0 Å². The van der Waals surface area contributed by atoms with Gasteiger partial charge in [0, 0.05) is 45.1 Å². The smallest absolute Gasteiger partial charge is 0.329 e. The lowest BCUT2D eigenvalue weighted by Crippen LogP contribution is -2.66. The zero-order chi connectivity index (χ0) is 84.1. The molecule has 0 aliphatic carbocycles. The van der Waals surface area contributed by atoms with Gasteiger partial charge in [0.15, 0.2) is 5.60 Å². The lowest BCUT2D eigenvalue weighted by Gasteiger charge is -2.41. The SMILES string of the molecule is CCC(C)/C=C(C)/C=C\C(O)C(C)(O)C(=O)NCC(=O)N[C@H](C(=O)N[C@H](C(=O)N[C@H](C(=O)N[C@H]1C(=O)N[C@H](COC)C(=O)NCC(=O)N[C@@H](C)C(=O)N(C)[C@@H]([C@@H](C)O)C(=O)N[C@H]([C@H](OC)c2ccc(O[C@@H]3O[C@@H](C)[C@H](O)[C@@H](O)[C@H]3O)cc2)C(=O)N2CC[C@H](Cl)C[C@H]2C(=O)O[C@@H]1C(C)C)[C@@H](C)[C@@H](C)C(N)=O)[C@@H](C)N)[C@@H](C)O. The van der Waals surface area contributed by atoms with Crippen LogP contribution >= 0.6 is 11.6 Å². The standard InChI is InChI=1S/C72H114ClN13O25/c1-17-32(4)26-33(5)18-23-46(89)72(13,106)71(105)77-29-48(91)80-51(38(10)87)64(99)82-50(36(8)74)63(98)81-49(34(6)35(7)60(75)95)62(97)83-52-58(31(2)3)111-69(104)45-27-42(73)24-25-86(45)68(103)53(59(108-16)41-19-21-43(22-20-41)110-70-57(94)56(93)55(92)40(12)109-70)84-66(101)54(39(11)88)85(14)67(102)37(9)78-47(90)28-76-61(96)44(30-107-15)79-65(52)100/h18-23,26,31-32,34-40,42,44-46,49-59,70,87-89,92-94,106H,17,24-25,27-30,74H2,1-16H3,(H2,75,95)(H,76,96)(H,77,105)(H,78,90)(H,79,100)(H,80,91)(H,81,98)(H,82,99)(H,83,97)(H,84,101)/b23-18-,33-26+/t32?,34-,35+,36+,37-,38+,39+,40-,42-,44+,45-,46?,49-,50-,51-,52+,53+,54-,55-,56+,57+,58+,59+,70-,72?/m0/s1. The van der Waals surface area contributed by atoms with Gasteiger partial charge in [-0.2, -0.15) is 0 Å². The van der Waals surface area contributed by atoms with Crippen LogP contribution in [0.25, 0.3) is 0 Å². The number of halogens is 1. The third kappa shape index (κ3) is 26.0. The van der Waals surface area contributed by atoms with Crippen molar-refractivity contribution in [3.05, 3.63) is 53.6 Å². The van der Waals surface area contributed by atoms with E-state index in [4.69, 9.17) is 46.8 Å². The van der Waals surface area contributed by atoms with Gasteiger partial charge >= 0.3 is 5.97 Å². The molecule has 3 unspecified atom stereocenters. The number of aliphatic hydroxyl groups is 7. The number of esters is 1. The maximum absolute atomic E-state index is 15.7. The number of cyclic esters (lactones) is 1. The summed E-state index contributed by atoms with van der Waals surface area (Å²) in [5, 5.41) is 95.7. The van der Waals surface area contributed by atoms with Crippen molar-refractivity contribution < 1.29 is 122 Å². The minimum Gasteiger partial charge on any atom is -0.462 e. The number of allylic oxidation sites excluding steroid dienone is 3. The van der Waals surface area contributed by atoms with Gasteiger partial charge in [0.05, 0.1) is 38.0 Å². The van der Waals surface area contributed by atoms with E-state index in [1.54, 1.807) is 6.92 Å². The number of primary amides is 1. The fraction of sp³-hybridized carbons (Fsp3) is 0.681. The molecule has 3 heterocycles. The number of rotatable bonds is 29. The van der Waals surface area contributed by atoms with E-state index in [1.807, 2.05) is 19.9 Å². The second-order valence-corrected chi connectivity index (χ2v) is 29.7. The number of hydrogen-bond acceptors (Lipinski definition) is 26. The Hall–Kier alpha value is -8.54. The highest BCUT2D eigenvalue weighted by molar-refractivity contribution is 6.21. The molecule has 38 nitrogen and oxygen atoms in total. The van der Waals surface area contributed by atoms with Crippen LogP contribution in [-0.4, -0.2) is 296 Å². The molecule has 20 N–H and O–H groups in total. The summed E-state index contributed by atoms with van der Waals surface area (Å²) in [6, 6.07) is -12.7. The average molecular weight is 1600 g/mol. The number of ether oxygens (including phenoxy) is 5. The van der Waals surface area contributed by atoms with Crippen molar-refractivity contribution in [1.82, 2.24) is 57.7 Å². The average Bonchev–Trinajstić information content (AvgIpc) is 0.788. The summed E-state index contributed by atoms with van der Waals surface area (Å²) >= 11 is 6.81. The van der Waals surface area contributed by atoms with Crippen LogP contribution in [0, 0.1) is 23.7 Å². The fourth-order valence-corrected chi connectivity index (χ4v) is 12.6. The molecule has 3 saturated heterocycles. The number of nitrogens with one attached hydrogen (secondary N) is 9. The molecule has 3 aliphatic rings. The minimum atomic E-state index is -2.48. The molecule has 624 valence electrons. The van der Waals surface area contributed by atoms with Crippen LogP contribution in [0.15, 0.2) is 48.1 Å². The summed E-state index contributed by atoms with van der Waals surface area (Å²) in [7, 11) is 3.43. The lowest BCUT2D eigenvalue weighted by atomic mass is 9.87. The Morgan fingerprint density at radius 3 is 1.98 bits per heavy atom. The van der Waals surface area contributed by atoms with E-state index in [2.05, 4.69) is 47.9 Å². The number of nitrogens with two attached hydrogens (primary N) is 2. The summed E-state index contributed by atoms with van der Waals surface area (Å²) in [6.45, 7) is 15.5. The number of benzene rings is 1. The van der Waals surface area contributed by atoms with E-state index >= 15 is 19.2 Å². The molecule has 4 rings (SSSR count). The normalized spacial score (nSPS) is 28.1. The van der Waals surface area contributed by atoms with Crippen LogP contribution in [0.1, 0.15) is 121 Å². The Bertz CT molecular complexity index is 3480. The van der Waals surface area contributed by atoms with Crippen LogP contribution in [-0.2, 0) is 81.3 Å². The first-order valence-electron chi connectivity index (χ1n) is 36.5. The minimum absolute atomic E-state index is 0.00839. The van der Waals surface area contributed by atoms with Gasteiger partial charge in [-0.25, -0.2) is 4.79 Å². The molecule has 0 spiro atoms. The van der Waals surface area contributed by atoms with E-state index in [1.165, 1.54) is 84.9 Å². The first-order valence-corrected chi connectivity index (χ1v) is 36.9. The molecule has 0 radical (unpaired) electrons. The Morgan fingerprint density at radius 1 is 0.811 bits per heavy atom. The van der Waals surface area contributed by atoms with Gasteiger partial charge < -0.3 is 129 Å². The van der Waals surface area contributed by atoms with Crippen molar-refractivity contribution in [2.45, 2.75) is 242 Å². The quantitative estimate of drug-likeness (QED) is 0.0202. The number of hydrogen-bond donors (Lipinski definition) is 18. The molecule has 3 aliphatic heterocycles. The third-order valence-corrected chi connectivity index (χ3v) is 20.0. The maximum atomic E-state index is 15.7. The summed E-state index contributed by atoms with van der Waals surface area (Å²) < 4.78 is 28.9. The molecule has 0 saturated carbocycles. The van der Waals surface area contributed by atoms with Crippen LogP contribution in [0.5, 0.6) is 5.75 Å². The molecular formula is C72H114ClN13O25. The maximum Gasteiger partial charge on any atom is 0.329 e. The predicted octanol–water partition coefficient (Wildman–Crippen LogP) is -5.59. The van der Waals surface area contributed by atoms with Gasteiger partial charge in [-0.15, -0.1) is 11.6 Å². The monoisotopic (exact) mass is 1600 g/mol. The number of aliphatic hydroxyl groups excluding tert-OH is 6. The molecule has 1 aromatic carbocycles. The Labute approximate surface area is 649 Å². The van der Waals surface area contributed by atoms with Crippen molar-refractivity contribution in [2.75, 3.05) is 47.5 Å². The molecule has 3 fully saturated rings. The van der Waals surface area contributed by atoms with Gasteiger partial charge in [-0.3, -0.25) is 57.5 Å². The fourth-order valence-electron chi connectivity index (χ4n) is 12.4. The van der Waals surface area contributed by atoms with Gasteiger partial charge in [0.1, 0.15) is 96.7 Å². The second kappa shape index (κ2) is 42.9. The predicted molar refractivity (Wildman–Crippen MR) is 395 cm³/mol. The zero-order valence-electron chi connectivity index (χ0n) is 65.3. The highest BCUT2D eigenvalue weighted by Gasteiger charge is 2.49. The van der Waals surface area contributed by atoms with Crippen LogP contribution in [0.3, 0.4) is 0 Å².